The molecule has 0 aliphatic rings. The summed E-state index contributed by atoms with van der Waals surface area (Å²) in [7, 11) is 0. The number of carbonyl (C=O) groups is 2. The second-order valence-corrected chi connectivity index (χ2v) is 3.16. The fraction of sp³-hybridized carbons (Fsp3) is 0.200. The molecule has 3 N–H and O–H groups in total. The van der Waals surface area contributed by atoms with Gasteiger partial charge in [-0.15, -0.1) is 0 Å². The Balaban J connectivity index is 0. The van der Waals surface area contributed by atoms with Crippen molar-refractivity contribution in [3.05, 3.63) is 24.3 Å². The number of rotatable bonds is 5. The Bertz CT molecular complexity index is 397. The first-order chi connectivity index (χ1) is 7.49. The van der Waals surface area contributed by atoms with Crippen molar-refractivity contribution < 1.29 is 24.9 Å². The van der Waals surface area contributed by atoms with Crippen molar-refractivity contribution in [2.75, 3.05) is 18.0 Å². The van der Waals surface area contributed by atoms with Crippen LogP contribution < -0.4 is 4.90 Å². The Hall–Kier alpha value is -0.240. The van der Waals surface area contributed by atoms with Gasteiger partial charge in [-0.3, -0.25) is 9.59 Å². The van der Waals surface area contributed by atoms with Gasteiger partial charge in [-0.05, 0) is 12.1 Å². The average molecular weight is 273 g/mol. The van der Waals surface area contributed by atoms with Crippen molar-refractivity contribution in [2.24, 2.45) is 0 Å². The van der Waals surface area contributed by atoms with Crippen LogP contribution in [-0.2, 0) is 9.59 Å². The summed E-state index contributed by atoms with van der Waals surface area (Å²) in [6, 6.07) is 5.78. The first-order valence-corrected chi connectivity index (χ1v) is 4.46. The number of carboxylic acids is 2. The van der Waals surface area contributed by atoms with Gasteiger partial charge >= 0.3 is 71.1 Å². The topological polar surface area (TPSA) is 98.1 Å². The van der Waals surface area contributed by atoms with Crippen LogP contribution in [-0.4, -0.2) is 99.5 Å². The molecule has 90 valence electrons. The third kappa shape index (κ3) is 7.25. The van der Waals surface area contributed by atoms with Crippen LogP contribution in [0.25, 0.3) is 0 Å². The molecule has 1 rings (SSSR count). The molecule has 0 radical (unpaired) electrons. The fourth-order valence-corrected chi connectivity index (χ4v) is 1.25. The number of aliphatic carboxylic acids is 2. The van der Waals surface area contributed by atoms with E-state index < -0.39 is 25.0 Å². The van der Waals surface area contributed by atoms with Crippen molar-refractivity contribution >= 4 is 76.7 Å². The minimum atomic E-state index is -1.13. The Kier molecular flexibility index (Phi) is 10.8. The minimum absolute atomic E-state index is 0. The van der Waals surface area contributed by atoms with E-state index in [0.29, 0.717) is 5.69 Å². The van der Waals surface area contributed by atoms with E-state index >= 15 is 0 Å². The van der Waals surface area contributed by atoms with Gasteiger partial charge in [-0.25, -0.2) is 0 Å². The fourth-order valence-electron chi connectivity index (χ4n) is 1.25. The summed E-state index contributed by atoms with van der Waals surface area (Å²) in [5.74, 6) is -2.31. The number of hydrogen-bond donors (Lipinski definition) is 3. The van der Waals surface area contributed by atoms with Gasteiger partial charge in [0.05, 0.1) is 0 Å². The van der Waals surface area contributed by atoms with Crippen LogP contribution in [0, 0.1) is 0 Å². The molecule has 0 amide bonds. The van der Waals surface area contributed by atoms with E-state index in [1.807, 2.05) is 0 Å². The summed E-state index contributed by atoms with van der Waals surface area (Å²) in [6.07, 6.45) is 0. The Labute approximate surface area is 148 Å². The van der Waals surface area contributed by atoms with E-state index in [1.54, 1.807) is 0 Å². The van der Waals surface area contributed by atoms with Crippen LogP contribution in [0.2, 0.25) is 0 Å². The van der Waals surface area contributed by atoms with E-state index in [1.165, 1.54) is 24.3 Å². The van der Waals surface area contributed by atoms with Crippen LogP contribution >= 0.6 is 0 Å². The second-order valence-electron chi connectivity index (χ2n) is 3.16. The molecule has 0 unspecified atom stereocenters. The van der Waals surface area contributed by atoms with Crippen molar-refractivity contribution in [3.8, 4) is 5.75 Å². The van der Waals surface area contributed by atoms with Crippen LogP contribution in [0.5, 0.6) is 5.75 Å². The Morgan fingerprint density at radius 2 is 1.56 bits per heavy atom. The van der Waals surface area contributed by atoms with Crippen LogP contribution in [0.3, 0.4) is 0 Å². The summed E-state index contributed by atoms with van der Waals surface area (Å²) in [5.41, 5.74) is 0.352. The molecule has 0 saturated carbocycles. The summed E-state index contributed by atoms with van der Waals surface area (Å²) in [6.45, 7) is -0.870. The van der Waals surface area contributed by atoms with Gasteiger partial charge in [-0.1, -0.05) is 6.07 Å². The molecule has 1 aromatic rings. The van der Waals surface area contributed by atoms with Crippen molar-refractivity contribution in [3.63, 3.8) is 0 Å². The van der Waals surface area contributed by atoms with Gasteiger partial charge in [-0.2, -0.15) is 0 Å². The molecule has 0 aliphatic heterocycles. The normalized spacial score (nSPS) is 8.67. The first kappa shape index (κ1) is 20.1. The third-order valence-electron chi connectivity index (χ3n) is 1.85. The summed E-state index contributed by atoms with van der Waals surface area (Å²) in [5, 5.41) is 26.5. The molecule has 0 aliphatic carbocycles. The van der Waals surface area contributed by atoms with Gasteiger partial charge in [0.15, 0.2) is 0 Å². The number of anilines is 1. The molecule has 0 saturated heterocycles. The molecular weight excluding hydrogens is 260 g/mol. The monoisotopic (exact) mass is 273 g/mol. The van der Waals surface area contributed by atoms with Gasteiger partial charge in [0.25, 0.3) is 0 Å². The van der Waals surface area contributed by atoms with E-state index in [9.17, 15) is 14.7 Å². The number of hydrogen-bond acceptors (Lipinski definition) is 4. The van der Waals surface area contributed by atoms with Crippen molar-refractivity contribution in [2.45, 2.75) is 0 Å². The quantitative estimate of drug-likeness (QED) is 0.600. The summed E-state index contributed by atoms with van der Waals surface area (Å²) < 4.78 is 0. The van der Waals surface area contributed by atoms with E-state index in [4.69, 9.17) is 10.2 Å². The molecule has 0 aromatic heterocycles. The van der Waals surface area contributed by atoms with Crippen LogP contribution in [0.4, 0.5) is 5.69 Å². The molecule has 6 nitrogen and oxygen atoms in total. The zero-order valence-electron chi connectivity index (χ0n) is 8.33. The van der Waals surface area contributed by atoms with Gasteiger partial charge < -0.3 is 20.2 Å². The second kappa shape index (κ2) is 9.66. The van der Waals surface area contributed by atoms with E-state index in [-0.39, 0.29) is 64.9 Å². The molecule has 0 bridgehead atoms. The van der Waals surface area contributed by atoms with Crippen LogP contribution in [0.1, 0.15) is 0 Å². The predicted octanol–water partition coefficient (Wildman–Crippen LogP) is -0.929. The SMILES string of the molecule is O=C(O)CN(CC(=O)O)c1cccc(O)c1.[NaH].[NaH]. The molecule has 0 spiro atoms. The summed E-state index contributed by atoms with van der Waals surface area (Å²) >= 11 is 0. The predicted molar refractivity (Wildman–Crippen MR) is 69.9 cm³/mol. The number of carboxylic acid groups (broad SMARTS) is 2. The molecule has 18 heavy (non-hydrogen) atoms. The number of nitrogens with zero attached hydrogens (tertiary/aromatic N) is 1. The van der Waals surface area contributed by atoms with Crippen LogP contribution in [0.15, 0.2) is 24.3 Å². The maximum atomic E-state index is 10.6. The Morgan fingerprint density at radius 1 is 1.06 bits per heavy atom. The molecular formula is C10H13NNa2O5. The Morgan fingerprint density at radius 3 is 1.94 bits per heavy atom. The van der Waals surface area contributed by atoms with E-state index in [0.717, 1.165) is 4.90 Å². The zero-order valence-corrected chi connectivity index (χ0v) is 8.33. The average Bonchev–Trinajstić information content (AvgIpc) is 2.15. The van der Waals surface area contributed by atoms with Crippen molar-refractivity contribution in [1.29, 1.82) is 0 Å². The van der Waals surface area contributed by atoms with Gasteiger partial charge in [0, 0.05) is 11.8 Å². The molecule has 0 atom stereocenters. The van der Waals surface area contributed by atoms with Gasteiger partial charge in [0.1, 0.15) is 18.8 Å². The van der Waals surface area contributed by atoms with Crippen molar-refractivity contribution in [1.82, 2.24) is 0 Å². The molecule has 0 heterocycles. The number of phenols is 1. The first-order valence-electron chi connectivity index (χ1n) is 4.46. The number of phenolic OH excluding ortho intramolecular Hbond substituents is 1. The maximum absolute atomic E-state index is 10.6. The zero-order chi connectivity index (χ0) is 12.1. The number of benzene rings is 1. The van der Waals surface area contributed by atoms with Gasteiger partial charge in [0.2, 0.25) is 0 Å². The standard InChI is InChI=1S/C10H11NO5.2Na.2H/c12-8-3-1-2-7(4-8)11(5-9(13)14)6-10(15)16;;;;/h1-4,12H,5-6H2,(H,13,14)(H,15,16);;;;. The summed E-state index contributed by atoms with van der Waals surface area (Å²) in [4.78, 5) is 22.2. The molecule has 8 heteroatoms. The molecule has 1 aromatic carbocycles. The van der Waals surface area contributed by atoms with E-state index in [2.05, 4.69) is 0 Å². The molecule has 0 fully saturated rings. The third-order valence-corrected chi connectivity index (χ3v) is 1.85. The number of aromatic hydroxyl groups is 1.